The van der Waals surface area contributed by atoms with Crippen LogP contribution in [0.1, 0.15) is 31.2 Å². The molecule has 4 rings (SSSR count). The molecule has 0 radical (unpaired) electrons. The Labute approximate surface area is 168 Å². The number of hydrogen-bond donors (Lipinski definition) is 0. The number of alkyl halides is 3. The van der Waals surface area contributed by atoms with E-state index in [2.05, 4.69) is 14.2 Å². The maximum absolute atomic E-state index is 12.6. The molecule has 0 atom stereocenters. The van der Waals surface area contributed by atoms with Crippen molar-refractivity contribution < 1.29 is 30.2 Å². The van der Waals surface area contributed by atoms with Gasteiger partial charge in [-0.3, -0.25) is 0 Å². The van der Waals surface area contributed by atoms with Gasteiger partial charge in [-0.05, 0) is 48.6 Å². The predicted octanol–water partition coefficient (Wildman–Crippen LogP) is 5.10. The molecule has 0 aliphatic heterocycles. The lowest BCUT2D eigenvalue weighted by Gasteiger charge is -2.08. The fourth-order valence-corrected chi connectivity index (χ4v) is 4.34. The summed E-state index contributed by atoms with van der Waals surface area (Å²) in [5, 5.41) is 0. The van der Waals surface area contributed by atoms with Gasteiger partial charge in [0.2, 0.25) is 5.89 Å². The molecule has 0 unspecified atom stereocenters. The largest absolute Gasteiger partial charge is 0.533 e. The number of oxazole rings is 1. The molecule has 1 saturated carbocycles. The van der Waals surface area contributed by atoms with Crippen molar-refractivity contribution in [2.45, 2.75) is 41.8 Å². The smallest absolute Gasteiger partial charge is 0.435 e. The normalized spacial score (nSPS) is 15.2. The molecule has 0 saturated heterocycles. The van der Waals surface area contributed by atoms with E-state index >= 15 is 0 Å². The van der Waals surface area contributed by atoms with E-state index in [4.69, 9.17) is 4.42 Å². The second-order valence-electron chi connectivity index (χ2n) is 6.55. The van der Waals surface area contributed by atoms with Gasteiger partial charge in [-0.2, -0.15) is 0 Å². The van der Waals surface area contributed by atoms with Crippen LogP contribution in [0.15, 0.2) is 44.7 Å². The first-order valence-electron chi connectivity index (χ1n) is 8.72. The zero-order chi connectivity index (χ0) is 20.8. The highest BCUT2D eigenvalue weighted by atomic mass is 32.2. The quantitative estimate of drug-likeness (QED) is 0.489. The van der Waals surface area contributed by atoms with Crippen LogP contribution < -0.4 is 0 Å². The van der Waals surface area contributed by atoms with Crippen LogP contribution in [0.4, 0.5) is 13.2 Å². The molecule has 0 spiro atoms. The summed E-state index contributed by atoms with van der Waals surface area (Å²) in [7, 11) is -3.59. The Hall–Kier alpha value is -2.11. The van der Waals surface area contributed by atoms with Crippen molar-refractivity contribution in [3.05, 3.63) is 36.0 Å². The van der Waals surface area contributed by atoms with Crippen molar-refractivity contribution in [1.82, 2.24) is 9.97 Å². The Morgan fingerprint density at radius 1 is 1.28 bits per heavy atom. The summed E-state index contributed by atoms with van der Waals surface area (Å²) < 4.78 is 71.3. The summed E-state index contributed by atoms with van der Waals surface area (Å²) in [6, 6.07) is 5.82. The van der Waals surface area contributed by atoms with E-state index in [0.717, 1.165) is 18.4 Å². The third-order valence-electron chi connectivity index (χ3n) is 4.43. The standard InChI is InChI=1S/C18H15F3N2O4S2/c1-2-29(24,25)15-7-11(10-3-4-10)9-22-16(15)17-23-13-8-12(5-6-14(13)26-17)28-27-18(19,20)21/h5-10H,2-4H2,1H3. The van der Waals surface area contributed by atoms with E-state index in [9.17, 15) is 21.6 Å². The third-order valence-corrected chi connectivity index (χ3v) is 6.89. The lowest BCUT2D eigenvalue weighted by Crippen LogP contribution is -2.08. The molecule has 1 aliphatic rings. The molecule has 11 heteroatoms. The van der Waals surface area contributed by atoms with Crippen LogP contribution in [0.2, 0.25) is 0 Å². The monoisotopic (exact) mass is 444 g/mol. The number of benzene rings is 1. The van der Waals surface area contributed by atoms with Crippen molar-refractivity contribution in [1.29, 1.82) is 0 Å². The summed E-state index contributed by atoms with van der Waals surface area (Å²) in [6.07, 6.45) is -1.16. The van der Waals surface area contributed by atoms with E-state index in [1.54, 1.807) is 19.2 Å². The fourth-order valence-electron chi connectivity index (χ4n) is 2.81. The van der Waals surface area contributed by atoms with Gasteiger partial charge in [0.15, 0.2) is 15.4 Å². The van der Waals surface area contributed by atoms with Gasteiger partial charge < -0.3 is 4.42 Å². The van der Waals surface area contributed by atoms with E-state index in [0.29, 0.717) is 11.5 Å². The van der Waals surface area contributed by atoms with Gasteiger partial charge in [-0.1, -0.05) is 6.92 Å². The number of sulfone groups is 1. The van der Waals surface area contributed by atoms with Gasteiger partial charge in [0, 0.05) is 23.1 Å². The van der Waals surface area contributed by atoms with E-state index in [-0.39, 0.29) is 44.7 Å². The molecular formula is C18H15F3N2O4S2. The number of halogens is 3. The molecule has 3 aromatic rings. The van der Waals surface area contributed by atoms with Crippen LogP contribution in [-0.4, -0.2) is 30.5 Å². The lowest BCUT2D eigenvalue weighted by atomic mass is 10.2. The van der Waals surface area contributed by atoms with Gasteiger partial charge in [0.05, 0.1) is 10.6 Å². The number of fused-ring (bicyclic) bond motifs is 1. The lowest BCUT2D eigenvalue weighted by molar-refractivity contribution is -0.266. The minimum atomic E-state index is -4.77. The highest BCUT2D eigenvalue weighted by Gasteiger charge is 2.31. The molecule has 1 fully saturated rings. The maximum Gasteiger partial charge on any atom is 0.533 e. The Balaban J connectivity index is 1.74. The Morgan fingerprint density at radius 3 is 2.69 bits per heavy atom. The Morgan fingerprint density at radius 2 is 2.03 bits per heavy atom. The first-order chi connectivity index (χ1) is 13.7. The van der Waals surface area contributed by atoms with Crippen LogP contribution in [-0.2, 0) is 14.0 Å². The second-order valence-corrected chi connectivity index (χ2v) is 9.61. The van der Waals surface area contributed by atoms with Crippen molar-refractivity contribution in [3.63, 3.8) is 0 Å². The molecular weight excluding hydrogens is 429 g/mol. The molecule has 2 heterocycles. The minimum Gasteiger partial charge on any atom is -0.435 e. The first kappa shape index (κ1) is 20.2. The van der Waals surface area contributed by atoms with Gasteiger partial charge in [-0.25, -0.2) is 22.6 Å². The summed E-state index contributed by atoms with van der Waals surface area (Å²) in [6.45, 7) is 1.54. The molecule has 1 aromatic carbocycles. The van der Waals surface area contributed by atoms with Crippen molar-refractivity contribution in [2.75, 3.05) is 5.75 Å². The topological polar surface area (TPSA) is 82.3 Å². The predicted molar refractivity (Wildman–Crippen MR) is 99.9 cm³/mol. The summed E-state index contributed by atoms with van der Waals surface area (Å²) >= 11 is 0.152. The SMILES string of the molecule is CCS(=O)(=O)c1cc(C2CC2)cnc1-c1nc2cc(SOC(F)(F)F)ccc2o1. The number of pyridine rings is 1. The molecule has 154 valence electrons. The van der Waals surface area contributed by atoms with Gasteiger partial charge in [0.25, 0.3) is 0 Å². The van der Waals surface area contributed by atoms with Gasteiger partial charge >= 0.3 is 6.36 Å². The second kappa shape index (κ2) is 7.29. The molecule has 1 aliphatic carbocycles. The van der Waals surface area contributed by atoms with E-state index in [1.165, 1.54) is 18.2 Å². The molecule has 0 N–H and O–H groups in total. The highest BCUT2D eigenvalue weighted by molar-refractivity contribution is 7.94. The van der Waals surface area contributed by atoms with E-state index < -0.39 is 16.2 Å². The van der Waals surface area contributed by atoms with Crippen LogP contribution in [0.3, 0.4) is 0 Å². The zero-order valence-corrected chi connectivity index (χ0v) is 16.7. The van der Waals surface area contributed by atoms with Crippen LogP contribution in [0, 0.1) is 0 Å². The van der Waals surface area contributed by atoms with Gasteiger partial charge in [0.1, 0.15) is 11.2 Å². The molecule has 29 heavy (non-hydrogen) atoms. The maximum atomic E-state index is 12.6. The van der Waals surface area contributed by atoms with Crippen molar-refractivity contribution >= 4 is 33.0 Å². The number of rotatable bonds is 6. The number of aromatic nitrogens is 2. The summed E-state index contributed by atoms with van der Waals surface area (Å²) in [4.78, 5) is 8.76. The van der Waals surface area contributed by atoms with E-state index in [1.807, 2.05) is 0 Å². The average Bonchev–Trinajstić information content (AvgIpc) is 3.44. The minimum absolute atomic E-state index is 0.00624. The Bertz CT molecular complexity index is 1170. The molecule has 0 bridgehead atoms. The third kappa shape index (κ3) is 4.41. The first-order valence-corrected chi connectivity index (χ1v) is 11.1. The summed E-state index contributed by atoms with van der Waals surface area (Å²) in [5.41, 5.74) is 1.51. The van der Waals surface area contributed by atoms with Crippen LogP contribution >= 0.6 is 12.0 Å². The number of hydrogen-bond acceptors (Lipinski definition) is 7. The molecule has 6 nitrogen and oxygen atoms in total. The highest BCUT2D eigenvalue weighted by Crippen LogP contribution is 2.42. The van der Waals surface area contributed by atoms with Crippen molar-refractivity contribution in [2.24, 2.45) is 0 Å². The van der Waals surface area contributed by atoms with Crippen molar-refractivity contribution in [3.8, 4) is 11.6 Å². The fraction of sp³-hybridized carbons (Fsp3) is 0.333. The number of nitrogens with zero attached hydrogens (tertiary/aromatic N) is 2. The van der Waals surface area contributed by atoms with Gasteiger partial charge in [-0.15, -0.1) is 13.2 Å². The van der Waals surface area contributed by atoms with Crippen LogP contribution in [0.25, 0.3) is 22.7 Å². The van der Waals surface area contributed by atoms with Crippen LogP contribution in [0.5, 0.6) is 0 Å². The Kier molecular flexibility index (Phi) is 5.07. The zero-order valence-electron chi connectivity index (χ0n) is 15.1. The average molecular weight is 444 g/mol. The summed E-state index contributed by atoms with van der Waals surface area (Å²) in [5.74, 6) is 0.207. The molecule has 0 amide bonds. The molecule has 2 aromatic heterocycles.